The van der Waals surface area contributed by atoms with Crippen molar-refractivity contribution in [1.82, 2.24) is 10.6 Å². The molecule has 0 saturated heterocycles. The number of nitrogens with one attached hydrogen (secondary N) is 2. The minimum absolute atomic E-state index is 0.00741. The summed E-state index contributed by atoms with van der Waals surface area (Å²) in [7, 11) is 0. The molecule has 0 bridgehead atoms. The van der Waals surface area contributed by atoms with Crippen molar-refractivity contribution in [2.24, 2.45) is 11.3 Å². The number of ether oxygens (including phenoxy) is 1. The number of alkyl carbamates (subject to hydrolysis) is 1. The van der Waals surface area contributed by atoms with Crippen LogP contribution in [0.3, 0.4) is 0 Å². The highest BCUT2D eigenvalue weighted by molar-refractivity contribution is 5.87. The molecule has 7 heteroatoms. The van der Waals surface area contributed by atoms with Crippen molar-refractivity contribution >= 4 is 18.0 Å². The Kier molecular flexibility index (Phi) is 8.54. The number of rotatable bonds is 11. The molecule has 7 nitrogen and oxygen atoms in total. The third-order valence-electron chi connectivity index (χ3n) is 7.52. The average molecular weight is 481 g/mol. The molecular formula is C28H36N2O5. The number of hydrogen-bond donors (Lipinski definition) is 3. The lowest BCUT2D eigenvalue weighted by molar-refractivity contribution is -0.149. The number of fused-ring (bicyclic) bond motifs is 3. The van der Waals surface area contributed by atoms with E-state index in [4.69, 9.17) is 4.74 Å². The second kappa shape index (κ2) is 11.4. The molecule has 3 N–H and O–H groups in total. The van der Waals surface area contributed by atoms with Crippen LogP contribution in [0.25, 0.3) is 11.1 Å². The van der Waals surface area contributed by atoms with Crippen LogP contribution in [-0.2, 0) is 14.3 Å². The van der Waals surface area contributed by atoms with E-state index in [-0.39, 0.29) is 25.0 Å². The monoisotopic (exact) mass is 480 g/mol. The zero-order valence-electron chi connectivity index (χ0n) is 21.0. The van der Waals surface area contributed by atoms with Crippen LogP contribution in [0.1, 0.15) is 64.0 Å². The number of carboxylic acid groups (broad SMARTS) is 1. The van der Waals surface area contributed by atoms with E-state index in [1.165, 1.54) is 0 Å². The van der Waals surface area contributed by atoms with Crippen molar-refractivity contribution in [3.63, 3.8) is 0 Å². The van der Waals surface area contributed by atoms with Gasteiger partial charge in [-0.25, -0.2) is 4.79 Å². The summed E-state index contributed by atoms with van der Waals surface area (Å²) in [6.07, 6.45) is 0.788. The molecule has 2 atom stereocenters. The molecule has 1 aliphatic carbocycles. The highest BCUT2D eigenvalue weighted by Gasteiger charge is 2.37. The molecule has 188 valence electrons. The molecular weight excluding hydrogens is 444 g/mol. The fraction of sp³-hybridized carbons (Fsp3) is 0.464. The first-order valence-corrected chi connectivity index (χ1v) is 12.4. The van der Waals surface area contributed by atoms with Crippen molar-refractivity contribution in [2.45, 2.75) is 58.9 Å². The van der Waals surface area contributed by atoms with Crippen LogP contribution in [0, 0.1) is 11.3 Å². The van der Waals surface area contributed by atoms with Gasteiger partial charge in [0.05, 0.1) is 5.41 Å². The molecule has 2 aromatic carbocycles. The van der Waals surface area contributed by atoms with Gasteiger partial charge in [-0.05, 0) is 41.0 Å². The van der Waals surface area contributed by atoms with Crippen LogP contribution in [0.5, 0.6) is 0 Å². The molecule has 0 saturated carbocycles. The van der Waals surface area contributed by atoms with Crippen molar-refractivity contribution in [1.29, 1.82) is 0 Å². The van der Waals surface area contributed by atoms with Crippen LogP contribution in [0.4, 0.5) is 4.79 Å². The molecule has 0 aliphatic heterocycles. The van der Waals surface area contributed by atoms with Crippen molar-refractivity contribution in [2.75, 3.05) is 13.2 Å². The van der Waals surface area contributed by atoms with E-state index in [1.54, 1.807) is 13.8 Å². The van der Waals surface area contributed by atoms with E-state index >= 15 is 0 Å². The molecule has 35 heavy (non-hydrogen) atoms. The van der Waals surface area contributed by atoms with Gasteiger partial charge in [-0.1, -0.05) is 82.6 Å². The first-order valence-electron chi connectivity index (χ1n) is 12.4. The molecule has 0 heterocycles. The SMILES string of the molecule is CCC(C)C(NC(=O)OCC1c2ccccc2-c2ccccc21)C(=O)NCC(CC)(CC)C(=O)O. The summed E-state index contributed by atoms with van der Waals surface area (Å²) in [4.78, 5) is 37.5. The van der Waals surface area contributed by atoms with Gasteiger partial charge in [-0.3, -0.25) is 9.59 Å². The summed E-state index contributed by atoms with van der Waals surface area (Å²) in [5, 5.41) is 15.1. The van der Waals surface area contributed by atoms with E-state index < -0.39 is 29.4 Å². The molecule has 0 aromatic heterocycles. The smallest absolute Gasteiger partial charge is 0.407 e. The van der Waals surface area contributed by atoms with E-state index in [9.17, 15) is 19.5 Å². The lowest BCUT2D eigenvalue weighted by Gasteiger charge is -2.29. The minimum atomic E-state index is -1.03. The lowest BCUT2D eigenvalue weighted by Crippen LogP contribution is -2.53. The van der Waals surface area contributed by atoms with Gasteiger partial charge in [-0.15, -0.1) is 0 Å². The molecule has 2 aromatic rings. The summed E-state index contributed by atoms with van der Waals surface area (Å²) in [6, 6.07) is 15.4. The molecule has 0 spiro atoms. The number of aliphatic carboxylic acids is 1. The van der Waals surface area contributed by atoms with E-state index in [1.807, 2.05) is 50.2 Å². The Hall–Kier alpha value is -3.35. The largest absolute Gasteiger partial charge is 0.481 e. The number of carbonyl (C=O) groups is 3. The van der Waals surface area contributed by atoms with E-state index in [0.29, 0.717) is 19.3 Å². The summed E-state index contributed by atoms with van der Waals surface area (Å²) in [6.45, 7) is 7.56. The Labute approximate surface area is 207 Å². The maximum atomic E-state index is 13.0. The summed E-state index contributed by atoms with van der Waals surface area (Å²) >= 11 is 0. The number of amides is 2. The van der Waals surface area contributed by atoms with Crippen LogP contribution in [0.2, 0.25) is 0 Å². The Morgan fingerprint density at radius 2 is 1.51 bits per heavy atom. The Morgan fingerprint density at radius 1 is 0.971 bits per heavy atom. The predicted molar refractivity (Wildman–Crippen MR) is 135 cm³/mol. The van der Waals surface area contributed by atoms with Crippen LogP contribution in [-0.4, -0.2) is 42.3 Å². The fourth-order valence-corrected chi connectivity index (χ4v) is 4.71. The molecule has 0 fully saturated rings. The Morgan fingerprint density at radius 3 is 2.00 bits per heavy atom. The second-order valence-electron chi connectivity index (χ2n) is 9.34. The summed E-state index contributed by atoms with van der Waals surface area (Å²) < 4.78 is 5.62. The van der Waals surface area contributed by atoms with Gasteiger partial charge < -0.3 is 20.5 Å². The van der Waals surface area contributed by atoms with Crippen molar-refractivity contribution < 1.29 is 24.2 Å². The second-order valence-corrected chi connectivity index (χ2v) is 9.34. The third kappa shape index (κ3) is 5.50. The van der Waals surface area contributed by atoms with Gasteiger partial charge in [0.2, 0.25) is 5.91 Å². The van der Waals surface area contributed by atoms with Crippen LogP contribution < -0.4 is 10.6 Å². The zero-order chi connectivity index (χ0) is 25.6. The average Bonchev–Trinajstić information content (AvgIpc) is 3.19. The van der Waals surface area contributed by atoms with Gasteiger partial charge in [0, 0.05) is 12.5 Å². The standard InChI is InChI=1S/C28H36N2O5/c1-5-18(4)24(25(31)29-17-28(6-2,7-3)26(32)33)30-27(34)35-16-23-21-14-10-8-12-19(21)20-13-9-11-15-22(20)23/h8-15,18,23-24H,5-7,16-17H2,1-4H3,(H,29,31)(H,30,34)(H,32,33). The molecule has 2 unspecified atom stereocenters. The maximum Gasteiger partial charge on any atom is 0.407 e. The van der Waals surface area contributed by atoms with Gasteiger partial charge in [0.1, 0.15) is 12.6 Å². The minimum Gasteiger partial charge on any atom is -0.481 e. The highest BCUT2D eigenvalue weighted by Crippen LogP contribution is 2.44. The van der Waals surface area contributed by atoms with Crippen molar-refractivity contribution in [3.8, 4) is 11.1 Å². The first kappa shape index (κ1) is 26.3. The number of hydrogen-bond acceptors (Lipinski definition) is 4. The predicted octanol–water partition coefficient (Wildman–Crippen LogP) is 4.95. The third-order valence-corrected chi connectivity index (χ3v) is 7.52. The van der Waals surface area contributed by atoms with Gasteiger partial charge in [-0.2, -0.15) is 0 Å². The molecule has 0 radical (unpaired) electrons. The quantitative estimate of drug-likeness (QED) is 0.422. The van der Waals surface area contributed by atoms with Gasteiger partial charge in [0.15, 0.2) is 0 Å². The van der Waals surface area contributed by atoms with Crippen LogP contribution >= 0.6 is 0 Å². The van der Waals surface area contributed by atoms with Gasteiger partial charge >= 0.3 is 12.1 Å². The van der Waals surface area contributed by atoms with E-state index in [0.717, 1.165) is 22.3 Å². The maximum absolute atomic E-state index is 13.0. The normalized spacial score (nSPS) is 14.4. The molecule has 3 rings (SSSR count). The topological polar surface area (TPSA) is 105 Å². The van der Waals surface area contributed by atoms with Crippen molar-refractivity contribution in [3.05, 3.63) is 59.7 Å². The summed E-state index contributed by atoms with van der Waals surface area (Å²) in [5.41, 5.74) is 3.48. The Balaban J connectivity index is 1.66. The first-order chi connectivity index (χ1) is 16.8. The molecule has 2 amide bonds. The zero-order valence-corrected chi connectivity index (χ0v) is 21.0. The Bertz CT molecular complexity index is 1020. The number of benzene rings is 2. The number of carboxylic acids is 1. The number of carbonyl (C=O) groups excluding carboxylic acids is 2. The lowest BCUT2D eigenvalue weighted by atomic mass is 9.82. The van der Waals surface area contributed by atoms with Crippen LogP contribution in [0.15, 0.2) is 48.5 Å². The molecule has 1 aliphatic rings. The van der Waals surface area contributed by atoms with Gasteiger partial charge in [0.25, 0.3) is 0 Å². The van der Waals surface area contributed by atoms with E-state index in [2.05, 4.69) is 22.8 Å². The summed E-state index contributed by atoms with van der Waals surface area (Å²) in [5.74, 6) is -1.57. The fourth-order valence-electron chi connectivity index (χ4n) is 4.71. The highest BCUT2D eigenvalue weighted by atomic mass is 16.5.